The number of sulfonamides is 1. The van der Waals surface area contributed by atoms with E-state index in [-0.39, 0.29) is 4.90 Å². The molecule has 3 aromatic rings. The smallest absolute Gasteiger partial charge is 0.261 e. The van der Waals surface area contributed by atoms with Crippen LogP contribution in [0, 0.1) is 0 Å². The van der Waals surface area contributed by atoms with Gasteiger partial charge in [0.15, 0.2) is 5.16 Å². The Morgan fingerprint density at radius 2 is 1.92 bits per heavy atom. The van der Waals surface area contributed by atoms with Crippen LogP contribution < -0.4 is 9.46 Å². The molecule has 1 aliphatic heterocycles. The minimum absolute atomic E-state index is 0.177. The van der Waals surface area contributed by atoms with Gasteiger partial charge >= 0.3 is 0 Å². The van der Waals surface area contributed by atoms with Crippen molar-refractivity contribution in [2.24, 2.45) is 0 Å². The zero-order valence-corrected chi connectivity index (χ0v) is 15.7. The molecular formula is C18H17N3O3S2. The summed E-state index contributed by atoms with van der Waals surface area (Å²) in [6, 6.07) is 13.6. The van der Waals surface area contributed by atoms with Crippen molar-refractivity contribution in [1.82, 2.24) is 9.55 Å². The molecule has 2 aromatic carbocycles. The summed E-state index contributed by atoms with van der Waals surface area (Å²) in [6.07, 6.45) is 1.97. The van der Waals surface area contributed by atoms with Crippen molar-refractivity contribution < 1.29 is 13.2 Å². The Labute approximate surface area is 156 Å². The number of imidazole rings is 1. The fraction of sp³-hybridized carbons (Fsp3) is 0.167. The number of hydrogen-bond donors (Lipinski definition) is 1. The monoisotopic (exact) mass is 387 g/mol. The Hall–Kier alpha value is -2.45. The Morgan fingerprint density at radius 3 is 2.65 bits per heavy atom. The number of fused-ring (bicyclic) bond motifs is 1. The summed E-state index contributed by atoms with van der Waals surface area (Å²) in [7, 11) is -2.17. The third-order valence-electron chi connectivity index (χ3n) is 4.12. The molecule has 0 amide bonds. The van der Waals surface area contributed by atoms with Crippen molar-refractivity contribution in [3.8, 4) is 17.0 Å². The van der Waals surface area contributed by atoms with Gasteiger partial charge in [-0.1, -0.05) is 30.0 Å². The summed E-state index contributed by atoms with van der Waals surface area (Å²) in [4.78, 5) is 4.80. The van der Waals surface area contributed by atoms with E-state index in [1.54, 1.807) is 43.1 Å². The Bertz CT molecular complexity index is 1020. The van der Waals surface area contributed by atoms with Gasteiger partial charge in [-0.25, -0.2) is 13.4 Å². The van der Waals surface area contributed by atoms with E-state index in [1.807, 2.05) is 18.3 Å². The first kappa shape index (κ1) is 17.0. The zero-order chi connectivity index (χ0) is 18.1. The molecule has 0 radical (unpaired) electrons. The van der Waals surface area contributed by atoms with Gasteiger partial charge in [0.25, 0.3) is 10.0 Å². The summed E-state index contributed by atoms with van der Waals surface area (Å²) < 4.78 is 35.3. The first-order valence-corrected chi connectivity index (χ1v) is 10.5. The molecule has 0 aliphatic carbocycles. The number of para-hydroxylation sites is 1. The molecular weight excluding hydrogens is 370 g/mol. The highest BCUT2D eigenvalue weighted by molar-refractivity contribution is 7.99. The Kier molecular flexibility index (Phi) is 4.37. The van der Waals surface area contributed by atoms with E-state index in [9.17, 15) is 8.42 Å². The fourth-order valence-corrected chi connectivity index (χ4v) is 4.82. The maximum absolute atomic E-state index is 12.7. The highest BCUT2D eigenvalue weighted by Gasteiger charge is 2.20. The van der Waals surface area contributed by atoms with Crippen molar-refractivity contribution in [2.75, 3.05) is 17.6 Å². The largest absolute Gasteiger partial charge is 0.497 e. The van der Waals surface area contributed by atoms with Gasteiger partial charge in [-0.3, -0.25) is 4.72 Å². The van der Waals surface area contributed by atoms with Crippen molar-refractivity contribution in [1.29, 1.82) is 0 Å². The van der Waals surface area contributed by atoms with Gasteiger partial charge in [-0.05, 0) is 30.3 Å². The van der Waals surface area contributed by atoms with Gasteiger partial charge in [-0.2, -0.15) is 0 Å². The number of aryl methyl sites for hydroxylation is 1. The van der Waals surface area contributed by atoms with Gasteiger partial charge in [0.1, 0.15) is 5.75 Å². The van der Waals surface area contributed by atoms with Gasteiger partial charge < -0.3 is 9.30 Å². The number of rotatable bonds is 5. The molecule has 8 heteroatoms. The van der Waals surface area contributed by atoms with Crippen LogP contribution in [-0.2, 0) is 16.6 Å². The van der Waals surface area contributed by atoms with E-state index in [0.29, 0.717) is 11.4 Å². The number of methoxy groups -OCH3 is 1. The van der Waals surface area contributed by atoms with Crippen LogP contribution in [0.4, 0.5) is 5.69 Å². The van der Waals surface area contributed by atoms with Crippen molar-refractivity contribution in [3.05, 3.63) is 54.7 Å². The minimum atomic E-state index is -3.71. The Morgan fingerprint density at radius 1 is 1.15 bits per heavy atom. The van der Waals surface area contributed by atoms with E-state index < -0.39 is 10.0 Å². The SMILES string of the molecule is COc1ccc(S(=O)(=O)Nc2ccccc2-c2cn3c(n2)SCC3)cc1. The number of hydrogen-bond acceptors (Lipinski definition) is 5. The van der Waals surface area contributed by atoms with Crippen LogP contribution in [0.25, 0.3) is 11.3 Å². The van der Waals surface area contributed by atoms with Crippen LogP contribution in [0.15, 0.2) is 64.8 Å². The molecule has 1 aromatic heterocycles. The molecule has 0 bridgehead atoms. The molecule has 134 valence electrons. The summed E-state index contributed by atoms with van der Waals surface area (Å²) >= 11 is 1.70. The van der Waals surface area contributed by atoms with Crippen LogP contribution in [0.2, 0.25) is 0 Å². The minimum Gasteiger partial charge on any atom is -0.497 e. The average Bonchev–Trinajstić information content (AvgIpc) is 3.24. The standard InChI is InChI=1S/C18H17N3O3S2/c1-24-13-6-8-14(9-7-13)26(22,23)20-16-5-3-2-4-15(16)17-12-21-10-11-25-18(21)19-17/h2-9,12,20H,10-11H2,1H3. The van der Waals surface area contributed by atoms with Gasteiger partial charge in [0, 0.05) is 24.1 Å². The predicted molar refractivity (Wildman–Crippen MR) is 102 cm³/mol. The number of nitrogens with one attached hydrogen (secondary N) is 1. The third kappa shape index (κ3) is 3.17. The summed E-state index contributed by atoms with van der Waals surface area (Å²) in [5.41, 5.74) is 2.03. The van der Waals surface area contributed by atoms with Gasteiger partial charge in [-0.15, -0.1) is 0 Å². The summed E-state index contributed by atoms with van der Waals surface area (Å²) in [5, 5.41) is 0.966. The maximum Gasteiger partial charge on any atom is 0.261 e. The van der Waals surface area contributed by atoms with Crippen molar-refractivity contribution in [3.63, 3.8) is 0 Å². The molecule has 1 aliphatic rings. The Balaban J connectivity index is 1.67. The quantitative estimate of drug-likeness (QED) is 0.726. The molecule has 1 N–H and O–H groups in total. The lowest BCUT2D eigenvalue weighted by atomic mass is 10.1. The van der Waals surface area contributed by atoms with Crippen LogP contribution in [0.3, 0.4) is 0 Å². The average molecular weight is 387 g/mol. The van der Waals surface area contributed by atoms with Crippen LogP contribution in [0.5, 0.6) is 5.75 Å². The number of nitrogens with zero attached hydrogens (tertiary/aromatic N) is 2. The number of anilines is 1. The molecule has 26 heavy (non-hydrogen) atoms. The van der Waals surface area contributed by atoms with Gasteiger partial charge in [0.2, 0.25) is 0 Å². The lowest BCUT2D eigenvalue weighted by molar-refractivity contribution is 0.414. The van der Waals surface area contributed by atoms with E-state index >= 15 is 0 Å². The fourth-order valence-electron chi connectivity index (χ4n) is 2.79. The summed E-state index contributed by atoms with van der Waals surface area (Å²) in [6.45, 7) is 0.923. The second-order valence-corrected chi connectivity index (χ2v) is 8.52. The van der Waals surface area contributed by atoms with Crippen molar-refractivity contribution >= 4 is 27.5 Å². The first-order valence-electron chi connectivity index (χ1n) is 8.03. The molecule has 0 fully saturated rings. The van der Waals surface area contributed by atoms with E-state index in [2.05, 4.69) is 14.3 Å². The second-order valence-electron chi connectivity index (χ2n) is 5.78. The van der Waals surface area contributed by atoms with Crippen LogP contribution >= 0.6 is 11.8 Å². The highest BCUT2D eigenvalue weighted by Crippen LogP contribution is 2.33. The molecule has 0 atom stereocenters. The molecule has 0 unspecified atom stereocenters. The predicted octanol–water partition coefficient (Wildman–Crippen LogP) is 3.47. The topological polar surface area (TPSA) is 73.2 Å². The zero-order valence-electron chi connectivity index (χ0n) is 14.0. The van der Waals surface area contributed by atoms with E-state index in [4.69, 9.17) is 4.74 Å². The first-order chi connectivity index (χ1) is 12.6. The van der Waals surface area contributed by atoms with Crippen LogP contribution in [-0.4, -0.2) is 30.8 Å². The van der Waals surface area contributed by atoms with E-state index in [1.165, 1.54) is 12.1 Å². The molecule has 2 heterocycles. The lowest BCUT2D eigenvalue weighted by Gasteiger charge is -2.12. The number of aromatic nitrogens is 2. The van der Waals surface area contributed by atoms with Crippen LogP contribution in [0.1, 0.15) is 0 Å². The maximum atomic E-state index is 12.7. The normalized spacial score (nSPS) is 13.4. The molecule has 0 spiro atoms. The van der Waals surface area contributed by atoms with E-state index in [0.717, 1.165) is 28.7 Å². The van der Waals surface area contributed by atoms with Gasteiger partial charge in [0.05, 0.1) is 23.4 Å². The highest BCUT2D eigenvalue weighted by atomic mass is 32.2. The third-order valence-corrected chi connectivity index (χ3v) is 6.47. The lowest BCUT2D eigenvalue weighted by Crippen LogP contribution is -2.13. The summed E-state index contributed by atoms with van der Waals surface area (Å²) in [5.74, 6) is 1.63. The van der Waals surface area contributed by atoms with Crippen molar-refractivity contribution in [2.45, 2.75) is 16.6 Å². The number of benzene rings is 2. The molecule has 0 saturated carbocycles. The number of ether oxygens (including phenoxy) is 1. The molecule has 0 saturated heterocycles. The molecule has 4 rings (SSSR count). The number of thioether (sulfide) groups is 1. The molecule has 6 nitrogen and oxygen atoms in total. The second kappa shape index (κ2) is 6.69.